The van der Waals surface area contributed by atoms with Crippen LogP contribution in [0.3, 0.4) is 0 Å². The van der Waals surface area contributed by atoms with E-state index in [0.717, 1.165) is 0 Å². The van der Waals surface area contributed by atoms with Crippen LogP contribution in [-0.4, -0.2) is 41.2 Å². The van der Waals surface area contributed by atoms with E-state index in [9.17, 15) is 14.3 Å². The van der Waals surface area contributed by atoms with Crippen molar-refractivity contribution in [1.82, 2.24) is 4.90 Å². The Labute approximate surface area is 112 Å². The molecule has 0 radical (unpaired) electrons. The van der Waals surface area contributed by atoms with Crippen LogP contribution in [0, 0.1) is 5.82 Å². The van der Waals surface area contributed by atoms with E-state index >= 15 is 0 Å². The number of hydrogen-bond acceptors (Lipinski definition) is 3. The number of carbonyl (C=O) groups is 1. The molecular formula is C14H20FNO3. The van der Waals surface area contributed by atoms with Crippen LogP contribution in [0.4, 0.5) is 4.39 Å². The Kier molecular flexibility index (Phi) is 4.89. The van der Waals surface area contributed by atoms with Crippen molar-refractivity contribution >= 4 is 5.91 Å². The van der Waals surface area contributed by atoms with E-state index < -0.39 is 17.5 Å². The number of halogens is 1. The second kappa shape index (κ2) is 6.02. The summed E-state index contributed by atoms with van der Waals surface area (Å²) in [5.74, 6) is -0.780. The van der Waals surface area contributed by atoms with Gasteiger partial charge in [-0.2, -0.15) is 0 Å². The van der Waals surface area contributed by atoms with Gasteiger partial charge in [0.2, 0.25) is 0 Å². The smallest absolute Gasteiger partial charge is 0.263 e. The standard InChI is InChI=1S/C14H20FNO3/c1-10(13(17)16(4)9-14(2,3)18)19-12-8-6-5-7-11(12)15/h5-8,10,18H,9H2,1-4H3. The Morgan fingerprint density at radius 1 is 1.47 bits per heavy atom. The molecule has 0 saturated heterocycles. The molecule has 1 aromatic carbocycles. The number of likely N-dealkylation sites (N-methyl/N-ethyl adjacent to an activating group) is 1. The van der Waals surface area contributed by atoms with Crippen molar-refractivity contribution in [3.8, 4) is 5.75 Å². The third-order valence-corrected chi connectivity index (χ3v) is 2.49. The number of amides is 1. The zero-order valence-corrected chi connectivity index (χ0v) is 11.7. The summed E-state index contributed by atoms with van der Waals surface area (Å²) in [6, 6.07) is 5.92. The molecule has 0 aliphatic heterocycles. The molecule has 0 aliphatic rings. The summed E-state index contributed by atoms with van der Waals surface area (Å²) < 4.78 is 18.7. The van der Waals surface area contributed by atoms with Gasteiger partial charge in [-0.1, -0.05) is 12.1 Å². The molecule has 0 saturated carbocycles. The molecule has 1 amide bonds. The largest absolute Gasteiger partial charge is 0.478 e. The molecule has 0 fully saturated rings. The van der Waals surface area contributed by atoms with Crippen molar-refractivity contribution in [2.45, 2.75) is 32.5 Å². The van der Waals surface area contributed by atoms with Gasteiger partial charge in [0, 0.05) is 13.6 Å². The lowest BCUT2D eigenvalue weighted by Gasteiger charge is -2.27. The predicted molar refractivity (Wildman–Crippen MR) is 70.4 cm³/mol. The molecule has 5 heteroatoms. The highest BCUT2D eigenvalue weighted by Crippen LogP contribution is 2.17. The Morgan fingerprint density at radius 2 is 2.05 bits per heavy atom. The fourth-order valence-electron chi connectivity index (χ4n) is 1.75. The van der Waals surface area contributed by atoms with Crippen molar-refractivity contribution in [3.63, 3.8) is 0 Å². The lowest BCUT2D eigenvalue weighted by Crippen LogP contribution is -2.44. The van der Waals surface area contributed by atoms with Crippen LogP contribution in [0.25, 0.3) is 0 Å². The van der Waals surface area contributed by atoms with Crippen molar-refractivity contribution < 1.29 is 19.0 Å². The van der Waals surface area contributed by atoms with E-state index in [0.29, 0.717) is 0 Å². The van der Waals surface area contributed by atoms with Crippen LogP contribution in [-0.2, 0) is 4.79 Å². The minimum Gasteiger partial charge on any atom is -0.478 e. The Balaban J connectivity index is 2.65. The molecular weight excluding hydrogens is 249 g/mol. The highest BCUT2D eigenvalue weighted by atomic mass is 19.1. The van der Waals surface area contributed by atoms with Gasteiger partial charge in [-0.15, -0.1) is 0 Å². The lowest BCUT2D eigenvalue weighted by molar-refractivity contribution is -0.139. The summed E-state index contributed by atoms with van der Waals surface area (Å²) in [4.78, 5) is 13.4. The monoisotopic (exact) mass is 269 g/mol. The van der Waals surface area contributed by atoms with Crippen LogP contribution in [0.5, 0.6) is 5.75 Å². The normalized spacial score (nSPS) is 12.9. The average molecular weight is 269 g/mol. The van der Waals surface area contributed by atoms with Crippen LogP contribution in [0.15, 0.2) is 24.3 Å². The van der Waals surface area contributed by atoms with Gasteiger partial charge >= 0.3 is 0 Å². The lowest BCUT2D eigenvalue weighted by atomic mass is 10.1. The molecule has 0 aliphatic carbocycles. The molecule has 1 aromatic rings. The summed E-state index contributed by atoms with van der Waals surface area (Å²) in [7, 11) is 1.57. The van der Waals surface area contributed by atoms with Gasteiger partial charge in [-0.3, -0.25) is 4.79 Å². The molecule has 0 heterocycles. The number of hydrogen-bond donors (Lipinski definition) is 1. The van der Waals surface area contributed by atoms with Crippen LogP contribution >= 0.6 is 0 Å². The van der Waals surface area contributed by atoms with Gasteiger partial charge in [-0.05, 0) is 32.9 Å². The zero-order chi connectivity index (χ0) is 14.6. The van der Waals surface area contributed by atoms with Gasteiger partial charge in [0.1, 0.15) is 0 Å². The van der Waals surface area contributed by atoms with Gasteiger partial charge in [0.15, 0.2) is 17.7 Å². The molecule has 1 N–H and O–H groups in total. The molecule has 1 rings (SSSR count). The minimum absolute atomic E-state index is 0.0417. The highest BCUT2D eigenvalue weighted by molar-refractivity contribution is 5.80. The van der Waals surface area contributed by atoms with E-state index in [1.807, 2.05) is 0 Å². The maximum atomic E-state index is 13.4. The van der Waals surface area contributed by atoms with Gasteiger partial charge < -0.3 is 14.7 Å². The fraction of sp³-hybridized carbons (Fsp3) is 0.500. The van der Waals surface area contributed by atoms with Gasteiger partial charge in [0.25, 0.3) is 5.91 Å². The van der Waals surface area contributed by atoms with E-state index in [1.54, 1.807) is 40.0 Å². The van der Waals surface area contributed by atoms with Gasteiger partial charge in [-0.25, -0.2) is 4.39 Å². The van der Waals surface area contributed by atoms with E-state index in [4.69, 9.17) is 4.74 Å². The summed E-state index contributed by atoms with van der Waals surface area (Å²) in [6.07, 6.45) is -0.816. The molecule has 1 unspecified atom stereocenters. The Morgan fingerprint density at radius 3 is 2.58 bits per heavy atom. The van der Waals surface area contributed by atoms with E-state index in [2.05, 4.69) is 0 Å². The fourth-order valence-corrected chi connectivity index (χ4v) is 1.75. The molecule has 0 spiro atoms. The maximum Gasteiger partial charge on any atom is 0.263 e. The van der Waals surface area contributed by atoms with Crippen molar-refractivity contribution in [1.29, 1.82) is 0 Å². The van der Waals surface area contributed by atoms with Crippen molar-refractivity contribution in [2.24, 2.45) is 0 Å². The van der Waals surface area contributed by atoms with E-state index in [1.165, 1.54) is 17.0 Å². The number of benzene rings is 1. The molecule has 1 atom stereocenters. The quantitative estimate of drug-likeness (QED) is 0.887. The average Bonchev–Trinajstić information content (AvgIpc) is 2.28. The summed E-state index contributed by atoms with van der Waals surface area (Å²) in [5.41, 5.74) is -0.984. The minimum atomic E-state index is -0.984. The molecule has 19 heavy (non-hydrogen) atoms. The summed E-state index contributed by atoms with van der Waals surface area (Å²) in [5, 5.41) is 9.66. The molecule has 106 valence electrons. The topological polar surface area (TPSA) is 49.8 Å². The number of ether oxygens (including phenoxy) is 1. The Hall–Kier alpha value is -1.62. The third-order valence-electron chi connectivity index (χ3n) is 2.49. The first-order chi connectivity index (χ1) is 8.70. The first-order valence-electron chi connectivity index (χ1n) is 6.09. The Bertz CT molecular complexity index is 443. The number of aliphatic hydroxyl groups is 1. The first-order valence-corrected chi connectivity index (χ1v) is 6.09. The molecule has 0 aromatic heterocycles. The summed E-state index contributed by atoms with van der Waals surface area (Å²) in [6.45, 7) is 4.95. The molecule has 0 bridgehead atoms. The number of carbonyl (C=O) groups excluding carboxylic acids is 1. The van der Waals surface area contributed by atoms with E-state index in [-0.39, 0.29) is 18.2 Å². The highest BCUT2D eigenvalue weighted by Gasteiger charge is 2.24. The first kappa shape index (κ1) is 15.4. The zero-order valence-electron chi connectivity index (χ0n) is 11.7. The van der Waals surface area contributed by atoms with Crippen molar-refractivity contribution in [3.05, 3.63) is 30.1 Å². The van der Waals surface area contributed by atoms with Crippen molar-refractivity contribution in [2.75, 3.05) is 13.6 Å². The molecule has 4 nitrogen and oxygen atoms in total. The van der Waals surface area contributed by atoms with Crippen LogP contribution in [0.2, 0.25) is 0 Å². The number of nitrogens with zero attached hydrogens (tertiary/aromatic N) is 1. The van der Waals surface area contributed by atoms with Gasteiger partial charge in [0.05, 0.1) is 5.60 Å². The van der Waals surface area contributed by atoms with Crippen LogP contribution in [0.1, 0.15) is 20.8 Å². The maximum absolute atomic E-state index is 13.4. The number of rotatable bonds is 5. The second-order valence-corrected chi connectivity index (χ2v) is 5.20. The van der Waals surface area contributed by atoms with Crippen LogP contribution < -0.4 is 4.74 Å². The second-order valence-electron chi connectivity index (χ2n) is 5.20. The SMILES string of the molecule is CC(Oc1ccccc1F)C(=O)N(C)CC(C)(C)O. The third kappa shape index (κ3) is 4.87. The predicted octanol–water partition coefficient (Wildman–Crippen LogP) is 1.82. The number of para-hydroxylation sites is 1. The summed E-state index contributed by atoms with van der Waals surface area (Å²) >= 11 is 0.